The number of halogens is 3. The van der Waals surface area contributed by atoms with Crippen LogP contribution in [0.3, 0.4) is 0 Å². The van der Waals surface area contributed by atoms with Gasteiger partial charge in [-0.1, -0.05) is 6.07 Å². The first-order valence-electron chi connectivity index (χ1n) is 10.6. The van der Waals surface area contributed by atoms with Crippen LogP contribution in [0.25, 0.3) is 0 Å². The average Bonchev–Trinajstić information content (AvgIpc) is 3.51. The molecule has 3 atom stereocenters. The molecule has 2 aromatic heterocycles. The third-order valence-electron chi connectivity index (χ3n) is 6.27. The van der Waals surface area contributed by atoms with Gasteiger partial charge in [-0.05, 0) is 25.0 Å². The zero-order chi connectivity index (χ0) is 23.9. The van der Waals surface area contributed by atoms with Crippen molar-refractivity contribution >= 4 is 26.7 Å². The van der Waals surface area contributed by atoms with Crippen LogP contribution in [0.4, 0.5) is 18.3 Å². The molecule has 0 amide bonds. The summed E-state index contributed by atoms with van der Waals surface area (Å²) >= 11 is 0.916. The van der Waals surface area contributed by atoms with Gasteiger partial charge in [0.25, 0.3) is 10.0 Å². The molecule has 1 aromatic carbocycles. The number of ether oxygens (including phenoxy) is 1. The van der Waals surface area contributed by atoms with Gasteiger partial charge in [0.1, 0.15) is 12.1 Å². The first kappa shape index (κ1) is 23.1. The van der Waals surface area contributed by atoms with Crippen molar-refractivity contribution in [2.75, 3.05) is 17.9 Å². The highest BCUT2D eigenvalue weighted by molar-refractivity contribution is 7.93. The second-order valence-electron chi connectivity index (χ2n) is 8.23. The van der Waals surface area contributed by atoms with Crippen molar-refractivity contribution in [1.82, 2.24) is 24.5 Å². The van der Waals surface area contributed by atoms with Crippen LogP contribution in [0.15, 0.2) is 41.7 Å². The normalized spacial score (nSPS) is 23.8. The van der Waals surface area contributed by atoms with Crippen molar-refractivity contribution in [1.29, 1.82) is 0 Å². The molecule has 2 N–H and O–H groups in total. The smallest absolute Gasteiger partial charge is 0.391 e. The van der Waals surface area contributed by atoms with E-state index in [0.29, 0.717) is 24.5 Å². The van der Waals surface area contributed by atoms with Crippen molar-refractivity contribution in [2.45, 2.75) is 42.4 Å². The molecule has 0 radical (unpaired) electrons. The number of H-pyrrole nitrogens is 1. The topological polar surface area (TPSA) is 113 Å². The van der Waals surface area contributed by atoms with Crippen molar-refractivity contribution in [3.63, 3.8) is 0 Å². The van der Waals surface area contributed by atoms with Gasteiger partial charge in [-0.2, -0.15) is 22.6 Å². The maximum Gasteiger partial charge on any atom is 0.391 e. The Morgan fingerprint density at radius 1 is 1.21 bits per heavy atom. The van der Waals surface area contributed by atoms with Crippen LogP contribution in [-0.2, 0) is 10.0 Å². The molecule has 34 heavy (non-hydrogen) atoms. The van der Waals surface area contributed by atoms with Gasteiger partial charge in [-0.15, -0.1) is 0 Å². The number of alkyl halides is 3. The lowest BCUT2D eigenvalue weighted by Crippen LogP contribution is -2.44. The molecule has 2 aliphatic heterocycles. The van der Waals surface area contributed by atoms with Crippen LogP contribution in [0.1, 0.15) is 42.6 Å². The molecule has 4 heterocycles. The Bertz CT molecular complexity index is 1230. The Labute approximate surface area is 197 Å². The molecule has 1 saturated heterocycles. The molecule has 1 fully saturated rings. The first-order chi connectivity index (χ1) is 16.2. The summed E-state index contributed by atoms with van der Waals surface area (Å²) in [6.45, 7) is 0.566. The number of hydrogen-bond acceptors (Lipinski definition) is 8. The summed E-state index contributed by atoms with van der Waals surface area (Å²) in [5.41, 5.74) is 1.37. The van der Waals surface area contributed by atoms with Gasteiger partial charge in [0.15, 0.2) is 0 Å². The summed E-state index contributed by atoms with van der Waals surface area (Å²) < 4.78 is 78.0. The second kappa shape index (κ2) is 8.82. The number of likely N-dealkylation sites (tertiary alicyclic amines) is 1. The molecular formula is C20H21F3N6O3S2. The minimum atomic E-state index is -4.26. The van der Waals surface area contributed by atoms with E-state index >= 15 is 0 Å². The molecule has 182 valence electrons. The number of hydrogen-bond donors (Lipinski definition) is 2. The molecule has 5 rings (SSSR count). The summed E-state index contributed by atoms with van der Waals surface area (Å²) in [7, 11) is -3.90. The highest BCUT2D eigenvalue weighted by atomic mass is 32.2. The zero-order valence-electron chi connectivity index (χ0n) is 17.7. The van der Waals surface area contributed by atoms with E-state index in [1.54, 1.807) is 12.1 Å². The van der Waals surface area contributed by atoms with Crippen LogP contribution >= 0.6 is 11.5 Å². The van der Waals surface area contributed by atoms with Gasteiger partial charge < -0.3 is 4.74 Å². The number of nitrogens with zero attached hydrogens (tertiary/aromatic N) is 4. The Morgan fingerprint density at radius 2 is 2.06 bits per heavy atom. The van der Waals surface area contributed by atoms with Crippen molar-refractivity contribution in [3.05, 3.63) is 48.0 Å². The maximum absolute atomic E-state index is 13.5. The number of fused-ring (bicyclic) bond motifs is 1. The molecule has 0 bridgehead atoms. The van der Waals surface area contributed by atoms with E-state index in [2.05, 4.69) is 24.3 Å². The Hall–Kier alpha value is -2.71. The van der Waals surface area contributed by atoms with Gasteiger partial charge >= 0.3 is 6.18 Å². The Kier molecular flexibility index (Phi) is 5.98. The van der Waals surface area contributed by atoms with Crippen LogP contribution < -0.4 is 9.46 Å². The average molecular weight is 515 g/mol. The van der Waals surface area contributed by atoms with E-state index in [9.17, 15) is 21.6 Å². The van der Waals surface area contributed by atoms with Crippen LogP contribution in [0, 0.1) is 5.92 Å². The van der Waals surface area contributed by atoms with Crippen molar-refractivity contribution < 1.29 is 26.3 Å². The third kappa shape index (κ3) is 4.49. The van der Waals surface area contributed by atoms with Crippen LogP contribution in [0.5, 0.6) is 5.75 Å². The molecule has 0 aliphatic carbocycles. The third-order valence-corrected chi connectivity index (χ3v) is 8.32. The summed E-state index contributed by atoms with van der Waals surface area (Å²) in [5, 5.41) is 6.92. The largest absolute Gasteiger partial charge is 0.493 e. The number of benzene rings is 1. The van der Waals surface area contributed by atoms with Crippen LogP contribution in [0.2, 0.25) is 0 Å². The Morgan fingerprint density at radius 3 is 2.76 bits per heavy atom. The minimum absolute atomic E-state index is 0.000933. The highest BCUT2D eigenvalue weighted by Gasteiger charge is 2.47. The molecule has 9 nitrogen and oxygen atoms in total. The van der Waals surface area contributed by atoms with Gasteiger partial charge in [-0.25, -0.2) is 13.4 Å². The quantitative estimate of drug-likeness (QED) is 0.531. The molecule has 0 saturated carbocycles. The second-order valence-corrected chi connectivity index (χ2v) is 10.7. The van der Waals surface area contributed by atoms with E-state index in [1.165, 1.54) is 24.7 Å². The first-order valence-corrected chi connectivity index (χ1v) is 12.9. The van der Waals surface area contributed by atoms with Gasteiger partial charge in [0.05, 0.1) is 29.2 Å². The summed E-state index contributed by atoms with van der Waals surface area (Å²) in [6, 6.07) is 5.57. The van der Waals surface area contributed by atoms with E-state index in [1.807, 2.05) is 4.90 Å². The number of aromatic amines is 1. The van der Waals surface area contributed by atoms with Gasteiger partial charge in [0.2, 0.25) is 5.13 Å². The predicted octanol–water partition coefficient (Wildman–Crippen LogP) is 3.90. The summed E-state index contributed by atoms with van der Waals surface area (Å²) in [4.78, 5) is 5.88. The summed E-state index contributed by atoms with van der Waals surface area (Å²) in [6.07, 6.45) is -0.980. The maximum atomic E-state index is 13.5. The van der Waals surface area contributed by atoms with E-state index in [-0.39, 0.29) is 35.5 Å². The molecule has 0 unspecified atom stereocenters. The number of nitrogens with one attached hydrogen (secondary N) is 2. The monoisotopic (exact) mass is 514 g/mol. The number of rotatable bonds is 5. The number of piperidine rings is 1. The minimum Gasteiger partial charge on any atom is -0.493 e. The van der Waals surface area contributed by atoms with E-state index in [4.69, 9.17) is 4.74 Å². The standard InChI is InChI=1S/C20H21F3N6O3S2/c21-20(22,23)12-4-7-29(17(9-12)15-3-6-25-27-15)16-5-8-32-18-10-13(1-2-14(16)18)34(30,31)28-19-24-11-26-33-19/h1-3,6,10-12,16-17H,4-5,7-9H2,(H,25,27)(H,24,26,28)/t12-,16+,17+/m0/s1. The molecule has 0 spiro atoms. The molecule has 3 aromatic rings. The lowest BCUT2D eigenvalue weighted by Gasteiger charge is -2.45. The molecule has 2 aliphatic rings. The fraction of sp³-hybridized carbons (Fsp3) is 0.450. The fourth-order valence-electron chi connectivity index (χ4n) is 4.67. The fourth-order valence-corrected chi connectivity index (χ4v) is 6.34. The summed E-state index contributed by atoms with van der Waals surface area (Å²) in [5.74, 6) is -0.993. The van der Waals surface area contributed by atoms with Crippen molar-refractivity contribution in [2.24, 2.45) is 5.92 Å². The molecular weight excluding hydrogens is 493 g/mol. The zero-order valence-corrected chi connectivity index (χ0v) is 19.3. The van der Waals surface area contributed by atoms with E-state index in [0.717, 1.165) is 17.1 Å². The lowest BCUT2D eigenvalue weighted by atomic mass is 9.85. The molecule has 14 heteroatoms. The van der Waals surface area contributed by atoms with Crippen molar-refractivity contribution in [3.8, 4) is 5.75 Å². The SMILES string of the molecule is O=S(=O)(Nc1ncns1)c1ccc2c(c1)OCC[C@H]2N1CC[C@H](C(F)(F)F)C[C@@H]1c1ccn[nH]1. The Balaban J connectivity index is 1.44. The van der Waals surface area contributed by atoms with Gasteiger partial charge in [-0.3, -0.25) is 14.7 Å². The highest BCUT2D eigenvalue weighted by Crippen LogP contribution is 2.47. The van der Waals surface area contributed by atoms with Gasteiger partial charge in [0, 0.05) is 48.4 Å². The predicted molar refractivity (Wildman–Crippen MR) is 117 cm³/mol. The number of sulfonamides is 1. The number of aromatic nitrogens is 4. The van der Waals surface area contributed by atoms with E-state index < -0.39 is 28.2 Å². The lowest BCUT2D eigenvalue weighted by molar-refractivity contribution is -0.192. The van der Waals surface area contributed by atoms with Crippen LogP contribution in [-0.4, -0.2) is 52.2 Å². The number of anilines is 1.